The Balaban J connectivity index is 3.26. The maximum Gasteiger partial charge on any atom is 0.379 e. The number of aromatic nitrogens is 2. The fourth-order valence-corrected chi connectivity index (χ4v) is 1.41. The van der Waals surface area contributed by atoms with Crippen LogP contribution in [0.25, 0.3) is 0 Å². The minimum atomic E-state index is -0.882. The first-order valence-electron chi connectivity index (χ1n) is 3.85. The molecule has 0 saturated carbocycles. The monoisotopic (exact) mass is 169 g/mol. The van der Waals surface area contributed by atoms with Gasteiger partial charge in [0.1, 0.15) is 6.20 Å². The Hall–Kier alpha value is -1.32. The summed E-state index contributed by atoms with van der Waals surface area (Å²) in [5.74, 6) is 0.125. The van der Waals surface area contributed by atoms with Crippen molar-refractivity contribution in [3.63, 3.8) is 0 Å². The van der Waals surface area contributed by atoms with E-state index in [1.807, 2.05) is 18.5 Å². The lowest BCUT2D eigenvalue weighted by atomic mass is 10.4. The topological polar surface area (TPSA) is 46.1 Å². The third-order valence-corrected chi connectivity index (χ3v) is 2.01. The zero-order valence-electron chi connectivity index (χ0n) is 7.53. The van der Waals surface area contributed by atoms with E-state index in [9.17, 15) is 4.79 Å². The number of imidazole rings is 1. The highest BCUT2D eigenvalue weighted by atomic mass is 16.4. The number of rotatable bonds is 2. The molecular weight excluding hydrogens is 156 g/mol. The molecule has 0 bridgehead atoms. The number of carboxylic acid groups (broad SMARTS) is 1. The summed E-state index contributed by atoms with van der Waals surface area (Å²) < 4.78 is 3.53. The molecule has 12 heavy (non-hydrogen) atoms. The summed E-state index contributed by atoms with van der Waals surface area (Å²) >= 11 is 0. The van der Waals surface area contributed by atoms with Crippen LogP contribution in [-0.4, -0.2) is 15.6 Å². The lowest BCUT2D eigenvalue weighted by Crippen LogP contribution is -2.31. The quantitative estimate of drug-likeness (QED) is 0.639. The molecule has 4 nitrogen and oxygen atoms in total. The van der Waals surface area contributed by atoms with E-state index in [1.165, 1.54) is 0 Å². The van der Waals surface area contributed by atoms with Crippen LogP contribution in [0.15, 0.2) is 6.20 Å². The number of carboxylic acids is 1. The molecule has 0 radical (unpaired) electrons. The van der Waals surface area contributed by atoms with E-state index in [0.29, 0.717) is 5.69 Å². The Morgan fingerprint density at radius 3 is 2.58 bits per heavy atom. The van der Waals surface area contributed by atoms with Crippen LogP contribution in [0.3, 0.4) is 0 Å². The second kappa shape index (κ2) is 2.97. The minimum Gasteiger partial charge on any atom is -0.475 e. The number of aryl methyl sites for hydroxylation is 1. The van der Waals surface area contributed by atoms with Crippen LogP contribution in [0, 0.1) is 0 Å². The van der Waals surface area contributed by atoms with Crippen LogP contribution in [0.5, 0.6) is 0 Å². The van der Waals surface area contributed by atoms with E-state index in [-0.39, 0.29) is 0 Å². The predicted molar refractivity (Wildman–Crippen MR) is 42.9 cm³/mol. The summed E-state index contributed by atoms with van der Waals surface area (Å²) in [6.07, 6.45) is 2.46. The average Bonchev–Trinajstić information content (AvgIpc) is 2.27. The first kappa shape index (κ1) is 8.77. The van der Waals surface area contributed by atoms with Gasteiger partial charge >= 0.3 is 5.97 Å². The van der Waals surface area contributed by atoms with Crippen LogP contribution in [0.4, 0.5) is 0 Å². The van der Waals surface area contributed by atoms with Gasteiger partial charge in [-0.15, -0.1) is 0 Å². The number of nitrogens with zero attached hydrogens (tertiary/aromatic N) is 2. The summed E-state index contributed by atoms with van der Waals surface area (Å²) in [6.45, 7) is 2.00. The van der Waals surface area contributed by atoms with E-state index in [2.05, 4.69) is 0 Å². The molecule has 0 aliphatic heterocycles. The van der Waals surface area contributed by atoms with E-state index in [0.717, 1.165) is 12.2 Å². The largest absolute Gasteiger partial charge is 0.475 e. The Morgan fingerprint density at radius 2 is 2.33 bits per heavy atom. The van der Waals surface area contributed by atoms with Crippen molar-refractivity contribution in [3.8, 4) is 0 Å². The lowest BCUT2D eigenvalue weighted by molar-refractivity contribution is -0.678. The molecule has 1 aromatic heterocycles. The molecule has 0 amide bonds. The van der Waals surface area contributed by atoms with Gasteiger partial charge in [-0.2, -0.15) is 0 Å². The molecule has 0 unspecified atom stereocenters. The molecule has 1 N–H and O–H groups in total. The van der Waals surface area contributed by atoms with Crippen LogP contribution in [0.2, 0.25) is 0 Å². The van der Waals surface area contributed by atoms with Gasteiger partial charge in [-0.3, -0.25) is 0 Å². The Morgan fingerprint density at radius 1 is 1.75 bits per heavy atom. The van der Waals surface area contributed by atoms with Crippen molar-refractivity contribution in [2.45, 2.75) is 13.3 Å². The maximum absolute atomic E-state index is 10.7. The SMILES string of the molecule is CCc1n(C)c(C(=O)O)c[n+]1C. The summed E-state index contributed by atoms with van der Waals surface area (Å²) in [5, 5.41) is 8.76. The van der Waals surface area contributed by atoms with Crippen LogP contribution in [0.1, 0.15) is 23.2 Å². The molecule has 1 aromatic rings. The van der Waals surface area contributed by atoms with Crippen molar-refractivity contribution in [1.82, 2.24) is 4.57 Å². The van der Waals surface area contributed by atoms with Crippen LogP contribution < -0.4 is 4.57 Å². The standard InChI is InChI=1S/C8H12N2O2/c1-4-7-9(2)5-6(8(11)12)10(7)3/h5H,4H2,1-3H3/p+1. The van der Waals surface area contributed by atoms with Gasteiger partial charge in [-0.25, -0.2) is 13.9 Å². The molecule has 0 aromatic carbocycles. The van der Waals surface area contributed by atoms with Gasteiger partial charge in [0.25, 0.3) is 11.5 Å². The van der Waals surface area contributed by atoms with Gasteiger partial charge in [0.2, 0.25) is 0 Å². The summed E-state index contributed by atoms with van der Waals surface area (Å²) in [7, 11) is 3.62. The molecule has 0 saturated heterocycles. The zero-order chi connectivity index (χ0) is 9.30. The van der Waals surface area contributed by atoms with Gasteiger partial charge in [-0.05, 0) is 0 Å². The summed E-state index contributed by atoms with van der Waals surface area (Å²) in [5.41, 5.74) is 0.328. The van der Waals surface area contributed by atoms with Crippen molar-refractivity contribution in [3.05, 3.63) is 17.7 Å². The first-order valence-corrected chi connectivity index (χ1v) is 3.85. The number of carbonyl (C=O) groups is 1. The molecule has 0 spiro atoms. The molecule has 0 aliphatic rings. The van der Waals surface area contributed by atoms with E-state index < -0.39 is 5.97 Å². The lowest BCUT2D eigenvalue weighted by Gasteiger charge is -1.92. The summed E-state index contributed by atoms with van der Waals surface area (Å²) in [4.78, 5) is 10.7. The maximum atomic E-state index is 10.7. The normalized spacial score (nSPS) is 10.2. The van der Waals surface area contributed by atoms with Gasteiger partial charge in [0.15, 0.2) is 0 Å². The van der Waals surface area contributed by atoms with E-state index in [4.69, 9.17) is 5.11 Å². The Bertz CT molecular complexity index is 315. The van der Waals surface area contributed by atoms with Gasteiger partial charge < -0.3 is 5.11 Å². The third-order valence-electron chi connectivity index (χ3n) is 2.01. The number of hydrogen-bond acceptors (Lipinski definition) is 1. The molecule has 0 aliphatic carbocycles. The molecular formula is C8H13N2O2+. The summed E-state index contributed by atoms with van der Waals surface area (Å²) in [6, 6.07) is 0. The predicted octanol–water partition coefficient (Wildman–Crippen LogP) is 0.110. The number of aromatic carboxylic acids is 1. The molecule has 4 heteroatoms. The zero-order valence-corrected chi connectivity index (χ0v) is 7.53. The van der Waals surface area contributed by atoms with Crippen molar-refractivity contribution in [2.24, 2.45) is 14.1 Å². The van der Waals surface area contributed by atoms with Gasteiger partial charge in [0, 0.05) is 6.42 Å². The molecule has 0 fully saturated rings. The highest BCUT2D eigenvalue weighted by Crippen LogP contribution is 2.00. The van der Waals surface area contributed by atoms with Crippen molar-refractivity contribution in [2.75, 3.05) is 0 Å². The second-order valence-corrected chi connectivity index (χ2v) is 2.76. The highest BCUT2D eigenvalue weighted by Gasteiger charge is 2.21. The van der Waals surface area contributed by atoms with Gasteiger partial charge in [0.05, 0.1) is 14.1 Å². The van der Waals surface area contributed by atoms with Crippen LogP contribution in [-0.2, 0) is 20.5 Å². The molecule has 1 rings (SSSR count). The van der Waals surface area contributed by atoms with Crippen molar-refractivity contribution in [1.29, 1.82) is 0 Å². The molecule has 66 valence electrons. The first-order chi connectivity index (χ1) is 5.57. The van der Waals surface area contributed by atoms with Crippen LogP contribution >= 0.6 is 0 Å². The Labute approximate surface area is 71.1 Å². The van der Waals surface area contributed by atoms with Gasteiger partial charge in [-0.1, -0.05) is 6.92 Å². The Kier molecular flexibility index (Phi) is 2.17. The minimum absolute atomic E-state index is 0.328. The fraction of sp³-hybridized carbons (Fsp3) is 0.500. The average molecular weight is 169 g/mol. The number of hydrogen-bond donors (Lipinski definition) is 1. The van der Waals surface area contributed by atoms with Crippen molar-refractivity contribution < 1.29 is 14.5 Å². The highest BCUT2D eigenvalue weighted by molar-refractivity contribution is 5.85. The van der Waals surface area contributed by atoms with E-state index >= 15 is 0 Å². The molecule has 1 heterocycles. The fourth-order valence-electron chi connectivity index (χ4n) is 1.41. The smallest absolute Gasteiger partial charge is 0.379 e. The van der Waals surface area contributed by atoms with Crippen molar-refractivity contribution >= 4 is 5.97 Å². The third kappa shape index (κ3) is 1.20. The van der Waals surface area contributed by atoms with E-state index in [1.54, 1.807) is 17.8 Å². The second-order valence-electron chi connectivity index (χ2n) is 2.76. The molecule has 0 atom stereocenters.